The molecule has 7 nitrogen and oxygen atoms in total. The summed E-state index contributed by atoms with van der Waals surface area (Å²) >= 11 is 0. The summed E-state index contributed by atoms with van der Waals surface area (Å²) in [5.41, 5.74) is 1.09. The summed E-state index contributed by atoms with van der Waals surface area (Å²) in [6.45, 7) is 1.38. The van der Waals surface area contributed by atoms with Crippen LogP contribution in [-0.2, 0) is 21.4 Å². The Labute approximate surface area is 140 Å². The van der Waals surface area contributed by atoms with Crippen molar-refractivity contribution < 1.29 is 13.2 Å². The number of likely N-dealkylation sites (tertiary alicyclic amines) is 1. The molecule has 1 aromatic heterocycles. The molecule has 1 aliphatic heterocycles. The number of nitrogens with zero attached hydrogens (tertiary/aromatic N) is 3. The smallest absolute Gasteiger partial charge is 0.283 e. The van der Waals surface area contributed by atoms with Crippen molar-refractivity contribution in [3.63, 3.8) is 0 Å². The molecule has 0 aliphatic carbocycles. The summed E-state index contributed by atoms with van der Waals surface area (Å²) in [6, 6.07) is 9.34. The normalized spacial score (nSPS) is 18.4. The summed E-state index contributed by atoms with van der Waals surface area (Å²) in [7, 11) is -3.99. The first-order valence-corrected chi connectivity index (χ1v) is 9.15. The molecule has 24 heavy (non-hydrogen) atoms. The standard InChI is InChI=1S/C16H18N4O3S/c21-16(19-24(22,23)15-11-17-8-9-18-15)14-7-4-10-20(14)12-13-5-2-1-3-6-13/h1-3,5-6,8-9,11,14H,4,7,10,12H2,(H,19,21)/t14-/m0/s1. The van der Waals surface area contributed by atoms with E-state index >= 15 is 0 Å². The van der Waals surface area contributed by atoms with Crippen molar-refractivity contribution >= 4 is 15.9 Å². The van der Waals surface area contributed by atoms with Crippen LogP contribution < -0.4 is 4.72 Å². The van der Waals surface area contributed by atoms with Crippen LogP contribution in [0.5, 0.6) is 0 Å². The second-order valence-electron chi connectivity index (χ2n) is 5.63. The van der Waals surface area contributed by atoms with Crippen molar-refractivity contribution in [2.24, 2.45) is 0 Å². The Morgan fingerprint density at radius 1 is 1.25 bits per heavy atom. The topological polar surface area (TPSA) is 92.3 Å². The molecule has 1 aromatic carbocycles. The first-order chi connectivity index (χ1) is 11.6. The highest BCUT2D eigenvalue weighted by Gasteiger charge is 2.33. The highest BCUT2D eigenvalue weighted by atomic mass is 32.2. The molecule has 3 rings (SSSR count). The van der Waals surface area contributed by atoms with Crippen LogP contribution in [0.3, 0.4) is 0 Å². The molecule has 0 bridgehead atoms. The highest BCUT2D eigenvalue weighted by molar-refractivity contribution is 7.90. The lowest BCUT2D eigenvalue weighted by atomic mass is 10.2. The molecular weight excluding hydrogens is 328 g/mol. The van der Waals surface area contributed by atoms with Crippen molar-refractivity contribution in [2.75, 3.05) is 6.54 Å². The second kappa shape index (κ2) is 7.06. The summed E-state index contributed by atoms with van der Waals surface area (Å²) in [6.07, 6.45) is 5.26. The lowest BCUT2D eigenvalue weighted by Crippen LogP contribution is -2.45. The Bertz CT molecular complexity index is 797. The van der Waals surface area contributed by atoms with Crippen molar-refractivity contribution in [1.82, 2.24) is 19.6 Å². The van der Waals surface area contributed by atoms with Gasteiger partial charge in [0.15, 0.2) is 5.03 Å². The van der Waals surface area contributed by atoms with E-state index in [0.29, 0.717) is 13.0 Å². The fraction of sp³-hybridized carbons (Fsp3) is 0.312. The zero-order chi connectivity index (χ0) is 17.0. The zero-order valence-electron chi connectivity index (χ0n) is 13.0. The number of benzene rings is 1. The van der Waals surface area contributed by atoms with Crippen molar-refractivity contribution in [1.29, 1.82) is 0 Å². The maximum absolute atomic E-state index is 12.5. The van der Waals surface area contributed by atoms with Crippen LogP contribution in [0.1, 0.15) is 18.4 Å². The lowest BCUT2D eigenvalue weighted by molar-refractivity contribution is -0.123. The largest absolute Gasteiger partial charge is 0.288 e. The Hall–Kier alpha value is -2.32. The first kappa shape index (κ1) is 16.5. The van der Waals surface area contributed by atoms with E-state index in [0.717, 1.165) is 24.7 Å². The van der Waals surface area contributed by atoms with Gasteiger partial charge in [0.25, 0.3) is 15.9 Å². The lowest BCUT2D eigenvalue weighted by Gasteiger charge is -2.23. The van der Waals surface area contributed by atoms with Gasteiger partial charge in [-0.25, -0.2) is 9.71 Å². The third-order valence-corrected chi connectivity index (χ3v) is 5.18. The van der Waals surface area contributed by atoms with Crippen LogP contribution in [-0.4, -0.2) is 41.8 Å². The number of aromatic nitrogens is 2. The van der Waals surface area contributed by atoms with E-state index in [9.17, 15) is 13.2 Å². The minimum absolute atomic E-state index is 0.258. The fourth-order valence-corrected chi connectivity index (χ4v) is 3.71. The summed E-state index contributed by atoms with van der Waals surface area (Å²) in [4.78, 5) is 21.9. The summed E-state index contributed by atoms with van der Waals surface area (Å²) in [5, 5.41) is -0.258. The van der Waals surface area contributed by atoms with Crippen LogP contribution >= 0.6 is 0 Å². The number of rotatable bonds is 5. The van der Waals surface area contributed by atoms with Gasteiger partial charge in [0.05, 0.1) is 12.2 Å². The van der Waals surface area contributed by atoms with E-state index in [-0.39, 0.29) is 5.03 Å². The van der Waals surface area contributed by atoms with Gasteiger partial charge in [0.1, 0.15) is 0 Å². The number of nitrogens with one attached hydrogen (secondary N) is 1. The molecular formula is C16H18N4O3S. The molecule has 0 saturated carbocycles. The average molecular weight is 346 g/mol. The van der Waals surface area contributed by atoms with Gasteiger partial charge in [-0.05, 0) is 24.9 Å². The molecule has 1 amide bonds. The minimum atomic E-state index is -3.99. The number of carbonyl (C=O) groups is 1. The average Bonchev–Trinajstić information content (AvgIpc) is 3.04. The van der Waals surface area contributed by atoms with E-state index in [1.54, 1.807) is 0 Å². The monoisotopic (exact) mass is 346 g/mol. The molecule has 1 saturated heterocycles. The number of sulfonamides is 1. The Kier molecular flexibility index (Phi) is 4.86. The molecule has 0 radical (unpaired) electrons. The van der Waals surface area contributed by atoms with Crippen LogP contribution in [0.2, 0.25) is 0 Å². The summed E-state index contributed by atoms with van der Waals surface area (Å²) < 4.78 is 26.5. The van der Waals surface area contributed by atoms with Crippen molar-refractivity contribution in [2.45, 2.75) is 30.5 Å². The Morgan fingerprint density at radius 2 is 2.04 bits per heavy atom. The van der Waals surface area contributed by atoms with Gasteiger partial charge in [-0.1, -0.05) is 30.3 Å². The molecule has 2 aromatic rings. The van der Waals surface area contributed by atoms with Gasteiger partial charge < -0.3 is 0 Å². The maximum Gasteiger partial charge on any atom is 0.283 e. The van der Waals surface area contributed by atoms with E-state index in [1.807, 2.05) is 35.2 Å². The fourth-order valence-electron chi connectivity index (χ4n) is 2.81. The number of hydrogen-bond acceptors (Lipinski definition) is 6. The van der Waals surface area contributed by atoms with E-state index < -0.39 is 22.0 Å². The summed E-state index contributed by atoms with van der Waals surface area (Å²) in [5.74, 6) is -0.519. The molecule has 2 heterocycles. The molecule has 0 spiro atoms. The maximum atomic E-state index is 12.5. The Morgan fingerprint density at radius 3 is 2.75 bits per heavy atom. The van der Waals surface area contributed by atoms with Crippen molar-refractivity contribution in [3.05, 3.63) is 54.5 Å². The van der Waals surface area contributed by atoms with Gasteiger partial charge in [0.2, 0.25) is 0 Å². The zero-order valence-corrected chi connectivity index (χ0v) is 13.8. The molecule has 1 atom stereocenters. The first-order valence-electron chi connectivity index (χ1n) is 7.67. The van der Waals surface area contributed by atoms with Crippen LogP contribution in [0, 0.1) is 0 Å². The third-order valence-electron chi connectivity index (χ3n) is 3.94. The number of hydrogen-bond donors (Lipinski definition) is 1. The molecule has 8 heteroatoms. The highest BCUT2D eigenvalue weighted by Crippen LogP contribution is 2.20. The molecule has 1 aliphatic rings. The SMILES string of the molecule is O=C(NS(=O)(=O)c1cnccn1)[C@@H]1CCCN1Cc1ccccc1. The van der Waals surface area contributed by atoms with Crippen molar-refractivity contribution in [3.8, 4) is 0 Å². The van der Waals surface area contributed by atoms with E-state index in [4.69, 9.17) is 0 Å². The Balaban J connectivity index is 1.70. The van der Waals surface area contributed by atoms with Crippen LogP contribution in [0.15, 0.2) is 53.9 Å². The second-order valence-corrected chi connectivity index (χ2v) is 7.26. The quantitative estimate of drug-likeness (QED) is 0.866. The number of amides is 1. The van der Waals surface area contributed by atoms with Gasteiger partial charge in [0, 0.05) is 18.9 Å². The third kappa shape index (κ3) is 3.77. The van der Waals surface area contributed by atoms with Gasteiger partial charge in [-0.15, -0.1) is 0 Å². The van der Waals surface area contributed by atoms with Gasteiger partial charge in [-0.2, -0.15) is 8.42 Å². The number of carbonyl (C=O) groups excluding carboxylic acids is 1. The van der Waals surface area contributed by atoms with Crippen LogP contribution in [0.4, 0.5) is 0 Å². The molecule has 0 unspecified atom stereocenters. The predicted octanol–water partition coefficient (Wildman–Crippen LogP) is 0.946. The van der Waals surface area contributed by atoms with Crippen LogP contribution in [0.25, 0.3) is 0 Å². The van der Waals surface area contributed by atoms with Gasteiger partial charge >= 0.3 is 0 Å². The van der Waals surface area contributed by atoms with E-state index in [2.05, 4.69) is 14.7 Å². The molecule has 126 valence electrons. The molecule has 1 N–H and O–H groups in total. The predicted molar refractivity (Wildman–Crippen MR) is 87.2 cm³/mol. The minimum Gasteiger partial charge on any atom is -0.288 e. The van der Waals surface area contributed by atoms with Gasteiger partial charge in [-0.3, -0.25) is 14.7 Å². The molecule has 1 fully saturated rings. The van der Waals surface area contributed by atoms with E-state index in [1.165, 1.54) is 12.4 Å².